The van der Waals surface area contributed by atoms with Crippen LogP contribution in [0.4, 0.5) is 5.82 Å². The molecule has 1 N–H and O–H groups in total. The van der Waals surface area contributed by atoms with Gasteiger partial charge in [0.1, 0.15) is 5.52 Å². The Hall–Kier alpha value is -1.62. The number of anilines is 1. The van der Waals surface area contributed by atoms with Gasteiger partial charge in [-0.05, 0) is 18.9 Å². The van der Waals surface area contributed by atoms with Gasteiger partial charge in [0, 0.05) is 25.5 Å². The van der Waals surface area contributed by atoms with Gasteiger partial charge in [0.15, 0.2) is 5.82 Å². The van der Waals surface area contributed by atoms with Gasteiger partial charge in [-0.2, -0.15) is 5.10 Å². The average molecular weight is 246 g/mol. The van der Waals surface area contributed by atoms with E-state index in [2.05, 4.69) is 34.9 Å². The summed E-state index contributed by atoms with van der Waals surface area (Å²) in [5, 5.41) is 14.4. The molecule has 0 aliphatic carbocycles. The smallest absolute Gasteiger partial charge is 0.154 e. The maximum Gasteiger partial charge on any atom is 0.154 e. The largest absolute Gasteiger partial charge is 0.386 e. The number of β-amino-alcohol motifs (C(OH)–C–C–N with tert-alkyl or cyclic N) is 1. The standard InChI is InChI=1S/C13H18N4O/c1-9(2)10-6-11-12(14-4-5-17(11)15-10)16-7-13(3,18)8-16/h4-6,9,18H,7-8H2,1-3H3. The second-order valence-corrected chi connectivity index (χ2v) is 5.66. The van der Waals surface area contributed by atoms with E-state index in [4.69, 9.17) is 0 Å². The fourth-order valence-corrected chi connectivity index (χ4v) is 2.38. The summed E-state index contributed by atoms with van der Waals surface area (Å²) in [6.45, 7) is 7.36. The predicted molar refractivity (Wildman–Crippen MR) is 69.9 cm³/mol. The molecule has 1 fully saturated rings. The second kappa shape index (κ2) is 3.68. The predicted octanol–water partition coefficient (Wildman–Crippen LogP) is 1.42. The van der Waals surface area contributed by atoms with Crippen molar-refractivity contribution in [1.82, 2.24) is 14.6 Å². The summed E-state index contributed by atoms with van der Waals surface area (Å²) < 4.78 is 1.87. The maximum absolute atomic E-state index is 9.82. The van der Waals surface area contributed by atoms with Crippen molar-refractivity contribution >= 4 is 11.3 Å². The van der Waals surface area contributed by atoms with E-state index in [0.29, 0.717) is 19.0 Å². The lowest BCUT2D eigenvalue weighted by Gasteiger charge is -2.44. The highest BCUT2D eigenvalue weighted by atomic mass is 16.3. The van der Waals surface area contributed by atoms with Crippen LogP contribution in [0.1, 0.15) is 32.4 Å². The molecule has 1 aliphatic rings. The van der Waals surface area contributed by atoms with E-state index in [1.807, 2.05) is 17.6 Å². The minimum absolute atomic E-state index is 0.400. The van der Waals surface area contributed by atoms with Crippen molar-refractivity contribution in [3.63, 3.8) is 0 Å². The van der Waals surface area contributed by atoms with Crippen LogP contribution in [0.2, 0.25) is 0 Å². The zero-order valence-corrected chi connectivity index (χ0v) is 11.0. The Bertz CT molecular complexity index is 580. The highest BCUT2D eigenvalue weighted by Crippen LogP contribution is 2.29. The summed E-state index contributed by atoms with van der Waals surface area (Å²) in [5.74, 6) is 1.31. The van der Waals surface area contributed by atoms with Gasteiger partial charge < -0.3 is 10.0 Å². The van der Waals surface area contributed by atoms with Crippen molar-refractivity contribution in [3.05, 3.63) is 24.2 Å². The lowest BCUT2D eigenvalue weighted by Crippen LogP contribution is -2.60. The van der Waals surface area contributed by atoms with E-state index in [9.17, 15) is 5.11 Å². The molecule has 0 bridgehead atoms. The van der Waals surface area contributed by atoms with Crippen LogP contribution in [-0.2, 0) is 0 Å². The number of aromatic nitrogens is 3. The summed E-state index contributed by atoms with van der Waals surface area (Å²) in [4.78, 5) is 6.51. The lowest BCUT2D eigenvalue weighted by molar-refractivity contribution is 0.0307. The number of aliphatic hydroxyl groups is 1. The molecule has 1 saturated heterocycles. The third-order valence-electron chi connectivity index (χ3n) is 3.34. The van der Waals surface area contributed by atoms with Crippen LogP contribution in [0.3, 0.4) is 0 Å². The zero-order valence-electron chi connectivity index (χ0n) is 11.0. The van der Waals surface area contributed by atoms with Crippen LogP contribution < -0.4 is 4.90 Å². The van der Waals surface area contributed by atoms with Crippen LogP contribution in [0, 0.1) is 0 Å². The lowest BCUT2D eigenvalue weighted by atomic mass is 9.97. The third kappa shape index (κ3) is 1.75. The van der Waals surface area contributed by atoms with Gasteiger partial charge in [-0.3, -0.25) is 0 Å². The molecule has 5 nitrogen and oxygen atoms in total. The molecule has 5 heteroatoms. The first-order valence-corrected chi connectivity index (χ1v) is 6.28. The molecule has 2 aromatic rings. The van der Waals surface area contributed by atoms with Gasteiger partial charge in [-0.15, -0.1) is 0 Å². The van der Waals surface area contributed by atoms with E-state index in [1.165, 1.54) is 0 Å². The van der Waals surface area contributed by atoms with Crippen molar-refractivity contribution in [2.24, 2.45) is 0 Å². The first-order valence-electron chi connectivity index (χ1n) is 6.28. The van der Waals surface area contributed by atoms with E-state index < -0.39 is 5.60 Å². The molecule has 96 valence electrons. The molecule has 3 heterocycles. The molecule has 0 spiro atoms. The molecular weight excluding hydrogens is 228 g/mol. The molecule has 0 radical (unpaired) electrons. The van der Waals surface area contributed by atoms with Gasteiger partial charge in [-0.25, -0.2) is 9.50 Å². The second-order valence-electron chi connectivity index (χ2n) is 5.66. The molecule has 18 heavy (non-hydrogen) atoms. The third-order valence-corrected chi connectivity index (χ3v) is 3.34. The molecule has 0 atom stereocenters. The van der Waals surface area contributed by atoms with Crippen molar-refractivity contribution in [2.45, 2.75) is 32.3 Å². The Morgan fingerprint density at radius 2 is 2.11 bits per heavy atom. The van der Waals surface area contributed by atoms with Crippen LogP contribution in [-0.4, -0.2) is 38.4 Å². The molecule has 0 amide bonds. The fraction of sp³-hybridized carbons (Fsp3) is 0.538. The highest BCUT2D eigenvalue weighted by molar-refractivity contribution is 5.70. The number of nitrogens with zero attached hydrogens (tertiary/aromatic N) is 4. The Morgan fingerprint density at radius 3 is 2.72 bits per heavy atom. The summed E-state index contributed by atoms with van der Waals surface area (Å²) >= 11 is 0. The SMILES string of the molecule is CC(C)c1cc2c(N3CC(C)(O)C3)nccn2n1. The molecule has 0 saturated carbocycles. The highest BCUT2D eigenvalue weighted by Gasteiger charge is 2.38. The quantitative estimate of drug-likeness (QED) is 0.870. The van der Waals surface area contributed by atoms with Crippen LogP contribution in [0.5, 0.6) is 0 Å². The normalized spacial score (nSPS) is 18.4. The first-order chi connectivity index (χ1) is 8.46. The van der Waals surface area contributed by atoms with E-state index in [1.54, 1.807) is 6.20 Å². The zero-order chi connectivity index (χ0) is 12.9. The van der Waals surface area contributed by atoms with Gasteiger partial charge in [0.25, 0.3) is 0 Å². The van der Waals surface area contributed by atoms with Gasteiger partial charge in [-0.1, -0.05) is 13.8 Å². The summed E-state index contributed by atoms with van der Waals surface area (Å²) in [7, 11) is 0. The molecule has 3 rings (SSSR count). The topological polar surface area (TPSA) is 53.7 Å². The van der Waals surface area contributed by atoms with Crippen molar-refractivity contribution < 1.29 is 5.11 Å². The van der Waals surface area contributed by atoms with Gasteiger partial charge in [0.05, 0.1) is 11.3 Å². The molecule has 0 aromatic carbocycles. The van der Waals surface area contributed by atoms with Crippen molar-refractivity contribution in [3.8, 4) is 0 Å². The number of hydrogen-bond acceptors (Lipinski definition) is 4. The number of hydrogen-bond donors (Lipinski definition) is 1. The van der Waals surface area contributed by atoms with Crippen molar-refractivity contribution in [1.29, 1.82) is 0 Å². The molecule has 2 aromatic heterocycles. The molecular formula is C13H18N4O. The van der Waals surface area contributed by atoms with E-state index in [-0.39, 0.29) is 0 Å². The maximum atomic E-state index is 9.82. The van der Waals surface area contributed by atoms with Gasteiger partial charge >= 0.3 is 0 Å². The Morgan fingerprint density at radius 1 is 1.39 bits per heavy atom. The Labute approximate surface area is 106 Å². The Kier molecular flexibility index (Phi) is 2.35. The minimum atomic E-state index is -0.588. The van der Waals surface area contributed by atoms with E-state index >= 15 is 0 Å². The van der Waals surface area contributed by atoms with Crippen LogP contribution in [0.15, 0.2) is 18.5 Å². The fourth-order valence-electron chi connectivity index (χ4n) is 2.38. The average Bonchev–Trinajstić information content (AvgIpc) is 2.69. The molecule has 0 unspecified atom stereocenters. The number of fused-ring (bicyclic) bond motifs is 1. The van der Waals surface area contributed by atoms with Gasteiger partial charge in [0.2, 0.25) is 0 Å². The Balaban J connectivity index is 2.02. The van der Waals surface area contributed by atoms with Crippen LogP contribution in [0.25, 0.3) is 5.52 Å². The summed E-state index contributed by atoms with van der Waals surface area (Å²) in [5.41, 5.74) is 1.49. The van der Waals surface area contributed by atoms with E-state index in [0.717, 1.165) is 17.0 Å². The number of rotatable bonds is 2. The molecule has 1 aliphatic heterocycles. The monoisotopic (exact) mass is 246 g/mol. The minimum Gasteiger partial charge on any atom is -0.386 e. The summed E-state index contributed by atoms with van der Waals surface area (Å²) in [6.07, 6.45) is 3.62. The first kappa shape index (κ1) is 11.5. The summed E-state index contributed by atoms with van der Waals surface area (Å²) in [6, 6.07) is 2.08. The van der Waals surface area contributed by atoms with Crippen LogP contribution >= 0.6 is 0 Å². The van der Waals surface area contributed by atoms with Crippen molar-refractivity contribution in [2.75, 3.05) is 18.0 Å².